The van der Waals surface area contributed by atoms with Gasteiger partial charge in [0.2, 0.25) is 0 Å². The maximum absolute atomic E-state index is 14.6. The Balaban J connectivity index is 2.23. The van der Waals surface area contributed by atoms with Crippen LogP contribution in [0.15, 0.2) is 41.4 Å². The van der Waals surface area contributed by atoms with Crippen molar-refractivity contribution in [2.75, 3.05) is 7.11 Å². The predicted molar refractivity (Wildman–Crippen MR) is 100 cm³/mol. The van der Waals surface area contributed by atoms with Crippen LogP contribution in [-0.2, 0) is 11.0 Å². The summed E-state index contributed by atoms with van der Waals surface area (Å²) in [5.74, 6) is -3.14. The van der Waals surface area contributed by atoms with E-state index in [1.54, 1.807) is 0 Å². The van der Waals surface area contributed by atoms with E-state index in [9.17, 15) is 32.3 Å². The average molecular weight is 442 g/mol. The molecular weight excluding hydrogens is 428 g/mol. The molecule has 30 heavy (non-hydrogen) atoms. The summed E-state index contributed by atoms with van der Waals surface area (Å²) in [6.07, 6.45) is -4.65. The molecule has 3 aromatic rings. The number of rotatable bonds is 4. The third-order valence-corrected chi connectivity index (χ3v) is 5.36. The molecule has 0 saturated carbocycles. The molecule has 1 unspecified atom stereocenters. The van der Waals surface area contributed by atoms with Gasteiger partial charge in [0.05, 0.1) is 22.9 Å². The normalized spacial score (nSPS) is 13.5. The number of carboxylic acid groups (broad SMARTS) is 1. The number of aliphatic carboxylic acids is 1. The van der Waals surface area contributed by atoms with Gasteiger partial charge in [-0.1, -0.05) is 17.4 Å². The van der Waals surface area contributed by atoms with E-state index < -0.39 is 35.5 Å². The van der Waals surface area contributed by atoms with E-state index >= 15 is 0 Å². The van der Waals surface area contributed by atoms with Gasteiger partial charge < -0.3 is 14.4 Å². The lowest BCUT2D eigenvalue weighted by molar-refractivity contribution is -0.140. The van der Waals surface area contributed by atoms with Gasteiger partial charge in [0, 0.05) is 5.56 Å². The number of carbonyl (C=O) groups excluding carboxylic acids is 1. The van der Waals surface area contributed by atoms with Crippen molar-refractivity contribution in [1.29, 1.82) is 0 Å². The largest absolute Gasteiger partial charge is 0.494 e. The Morgan fingerprint density at radius 2 is 1.93 bits per heavy atom. The Hall–Kier alpha value is -3.21. The van der Waals surface area contributed by atoms with Gasteiger partial charge >= 0.3 is 12.1 Å². The fourth-order valence-electron chi connectivity index (χ4n) is 2.76. The molecule has 0 radical (unpaired) electrons. The van der Waals surface area contributed by atoms with E-state index in [4.69, 9.17) is 4.74 Å². The molecule has 1 aromatic heterocycles. The number of fused-ring (bicyclic) bond motifs is 1. The number of thiazole rings is 1. The summed E-state index contributed by atoms with van der Waals surface area (Å²) in [6.45, 7) is 1.31. The molecule has 1 heterocycles. The Kier molecular flexibility index (Phi) is 5.66. The maximum atomic E-state index is 14.6. The molecule has 2 aromatic carbocycles. The number of benzene rings is 2. The molecule has 0 saturated heterocycles. The van der Waals surface area contributed by atoms with Gasteiger partial charge in [0.25, 0.3) is 5.91 Å². The molecule has 3 rings (SSSR count). The van der Waals surface area contributed by atoms with Crippen LogP contribution in [0.3, 0.4) is 0 Å². The predicted octanol–water partition coefficient (Wildman–Crippen LogP) is 4.26. The van der Waals surface area contributed by atoms with Crippen molar-refractivity contribution in [3.63, 3.8) is 0 Å². The van der Waals surface area contributed by atoms with Gasteiger partial charge in [0.15, 0.2) is 16.4 Å². The minimum atomic E-state index is -4.65. The van der Waals surface area contributed by atoms with Crippen molar-refractivity contribution in [2.24, 2.45) is 4.99 Å². The monoisotopic (exact) mass is 442 g/mol. The number of carbonyl (C=O) groups is 2. The zero-order valence-electron chi connectivity index (χ0n) is 15.5. The average Bonchev–Trinajstić information content (AvgIpc) is 3.05. The summed E-state index contributed by atoms with van der Waals surface area (Å²) in [5.41, 5.74) is -1.21. The molecule has 1 N–H and O–H groups in total. The summed E-state index contributed by atoms with van der Waals surface area (Å²) >= 11 is 0.693. The highest BCUT2D eigenvalue weighted by Gasteiger charge is 2.31. The third-order valence-electron chi connectivity index (χ3n) is 4.30. The fraction of sp³-hybridized carbons (Fsp3) is 0.211. The highest BCUT2D eigenvalue weighted by molar-refractivity contribution is 7.16. The first kappa shape index (κ1) is 21.5. The van der Waals surface area contributed by atoms with E-state index in [0.29, 0.717) is 17.4 Å². The number of nitrogens with zero attached hydrogens (tertiary/aromatic N) is 2. The number of ether oxygens (including phenoxy) is 1. The van der Waals surface area contributed by atoms with Crippen LogP contribution in [0.1, 0.15) is 28.9 Å². The Morgan fingerprint density at radius 3 is 2.53 bits per heavy atom. The zero-order chi connectivity index (χ0) is 22.2. The molecule has 0 aliphatic carbocycles. The number of hydrogen-bond acceptors (Lipinski definition) is 4. The van der Waals surface area contributed by atoms with Crippen molar-refractivity contribution in [1.82, 2.24) is 4.57 Å². The Labute approximate surface area is 170 Å². The molecule has 0 bridgehead atoms. The molecule has 0 aliphatic heterocycles. The standard InChI is InChI=1S/C19H14F4N2O4S/c1-9(17(27)28)25-12-6-7-13(29-2)14(20)15(12)30-18(25)24-16(26)10-4-3-5-11(8-10)19(21,22)23/h3-9H,1-2H3,(H,27,28). The number of hydrogen-bond donors (Lipinski definition) is 1. The van der Waals surface area contributed by atoms with Crippen molar-refractivity contribution in [3.05, 3.63) is 58.1 Å². The number of methoxy groups -OCH3 is 1. The smallest absolute Gasteiger partial charge is 0.416 e. The third kappa shape index (κ3) is 3.92. The lowest BCUT2D eigenvalue weighted by atomic mass is 10.1. The Morgan fingerprint density at radius 1 is 1.23 bits per heavy atom. The number of halogens is 4. The summed E-state index contributed by atoms with van der Waals surface area (Å²) in [4.78, 5) is 27.7. The summed E-state index contributed by atoms with van der Waals surface area (Å²) in [5, 5.41) is 9.40. The van der Waals surface area contributed by atoms with E-state index in [1.807, 2.05) is 0 Å². The van der Waals surface area contributed by atoms with Gasteiger partial charge in [-0.05, 0) is 37.3 Å². The van der Waals surface area contributed by atoms with Gasteiger partial charge in [0.1, 0.15) is 6.04 Å². The quantitative estimate of drug-likeness (QED) is 0.613. The molecule has 0 spiro atoms. The molecule has 1 amide bonds. The van der Waals surface area contributed by atoms with E-state index in [0.717, 1.165) is 22.8 Å². The summed E-state index contributed by atoms with van der Waals surface area (Å²) < 4.78 is 59.4. The van der Waals surface area contributed by atoms with Crippen molar-refractivity contribution in [2.45, 2.75) is 19.1 Å². The van der Waals surface area contributed by atoms with Gasteiger partial charge in [-0.25, -0.2) is 9.18 Å². The van der Waals surface area contributed by atoms with Crippen molar-refractivity contribution < 1.29 is 37.0 Å². The van der Waals surface area contributed by atoms with Crippen LogP contribution in [0.5, 0.6) is 5.75 Å². The molecule has 0 fully saturated rings. The summed E-state index contributed by atoms with van der Waals surface area (Å²) in [7, 11) is 1.26. The number of amides is 1. The first-order valence-corrected chi connectivity index (χ1v) is 9.23. The number of carboxylic acids is 1. The highest BCUT2D eigenvalue weighted by atomic mass is 32.1. The molecule has 1 atom stereocenters. The topological polar surface area (TPSA) is 80.9 Å². The van der Waals surface area contributed by atoms with Crippen LogP contribution in [0, 0.1) is 5.82 Å². The molecule has 0 aliphatic rings. The van der Waals surface area contributed by atoms with Crippen LogP contribution in [0.2, 0.25) is 0 Å². The van der Waals surface area contributed by atoms with Crippen LogP contribution in [0.25, 0.3) is 10.2 Å². The fourth-order valence-corrected chi connectivity index (χ4v) is 3.88. The van der Waals surface area contributed by atoms with Crippen LogP contribution < -0.4 is 9.54 Å². The van der Waals surface area contributed by atoms with Gasteiger partial charge in [-0.3, -0.25) is 4.79 Å². The molecule has 158 valence electrons. The van der Waals surface area contributed by atoms with Crippen LogP contribution in [-0.4, -0.2) is 28.7 Å². The van der Waals surface area contributed by atoms with Crippen LogP contribution >= 0.6 is 11.3 Å². The maximum Gasteiger partial charge on any atom is 0.416 e. The number of alkyl halides is 3. The molecule has 11 heteroatoms. The van der Waals surface area contributed by atoms with Crippen molar-refractivity contribution >= 4 is 33.4 Å². The van der Waals surface area contributed by atoms with Gasteiger partial charge in [-0.15, -0.1) is 0 Å². The lowest BCUT2D eigenvalue weighted by Crippen LogP contribution is -2.25. The van der Waals surface area contributed by atoms with E-state index in [2.05, 4.69) is 4.99 Å². The molecular formula is C19H14F4N2O4S. The van der Waals surface area contributed by atoms with E-state index in [1.165, 1.54) is 26.2 Å². The van der Waals surface area contributed by atoms with Crippen molar-refractivity contribution in [3.8, 4) is 5.75 Å². The van der Waals surface area contributed by atoms with Crippen LogP contribution in [0.4, 0.5) is 17.6 Å². The Bertz CT molecular complexity index is 1210. The second-order valence-corrected chi connectivity index (χ2v) is 7.17. The highest BCUT2D eigenvalue weighted by Crippen LogP contribution is 2.31. The molecule has 6 nitrogen and oxygen atoms in total. The zero-order valence-corrected chi connectivity index (χ0v) is 16.3. The second-order valence-electron chi connectivity index (χ2n) is 6.19. The first-order chi connectivity index (χ1) is 14.0. The minimum absolute atomic E-state index is 0.00181. The first-order valence-electron chi connectivity index (χ1n) is 8.41. The van der Waals surface area contributed by atoms with Gasteiger partial charge in [-0.2, -0.15) is 18.2 Å². The SMILES string of the molecule is COc1ccc2c(sc(=NC(=O)c3cccc(C(F)(F)F)c3)n2C(C)C(=O)O)c1F. The summed E-state index contributed by atoms with van der Waals surface area (Å²) in [6, 6.07) is 5.17. The minimum Gasteiger partial charge on any atom is -0.494 e. The number of aromatic nitrogens is 1. The van der Waals surface area contributed by atoms with E-state index in [-0.39, 0.29) is 26.3 Å². The second kappa shape index (κ2) is 7.90. The lowest BCUT2D eigenvalue weighted by Gasteiger charge is -2.11.